The molecule has 33 heavy (non-hydrogen) atoms. The van der Waals surface area contributed by atoms with E-state index in [4.69, 9.17) is 0 Å². The number of piperidine rings is 1. The molecule has 2 aromatic carbocycles. The van der Waals surface area contributed by atoms with Gasteiger partial charge in [0, 0.05) is 30.0 Å². The molecule has 1 aliphatic heterocycles. The molecular formula is C24H21N7OS. The van der Waals surface area contributed by atoms with Gasteiger partial charge in [-0.15, -0.1) is 26.6 Å². The van der Waals surface area contributed by atoms with E-state index < -0.39 is 0 Å². The molecule has 0 saturated carbocycles. The van der Waals surface area contributed by atoms with Crippen molar-refractivity contribution in [1.82, 2.24) is 24.8 Å². The van der Waals surface area contributed by atoms with Crippen LogP contribution >= 0.6 is 11.3 Å². The van der Waals surface area contributed by atoms with Gasteiger partial charge in [-0.1, -0.05) is 36.4 Å². The van der Waals surface area contributed by atoms with E-state index in [1.54, 1.807) is 10.8 Å². The highest BCUT2D eigenvalue weighted by Gasteiger charge is 2.26. The Bertz CT molecular complexity index is 1450. The molecule has 4 heterocycles. The van der Waals surface area contributed by atoms with E-state index in [1.807, 2.05) is 29.6 Å². The van der Waals surface area contributed by atoms with Crippen molar-refractivity contribution in [2.24, 2.45) is 5.92 Å². The molecule has 0 spiro atoms. The molecule has 9 heteroatoms. The van der Waals surface area contributed by atoms with Crippen LogP contribution in [0.4, 0.5) is 10.9 Å². The van der Waals surface area contributed by atoms with Crippen LogP contribution in [0.25, 0.3) is 27.7 Å². The minimum absolute atomic E-state index is 0.0343. The third kappa shape index (κ3) is 3.91. The zero-order valence-corrected chi connectivity index (χ0v) is 18.6. The van der Waals surface area contributed by atoms with Gasteiger partial charge in [0.15, 0.2) is 10.8 Å². The molecule has 1 amide bonds. The molecule has 8 nitrogen and oxygen atoms in total. The fourth-order valence-electron chi connectivity index (χ4n) is 4.28. The predicted octanol–water partition coefficient (Wildman–Crippen LogP) is 4.26. The Morgan fingerprint density at radius 1 is 1.03 bits per heavy atom. The first-order valence-electron chi connectivity index (χ1n) is 10.9. The average Bonchev–Trinajstić information content (AvgIpc) is 3.53. The lowest BCUT2D eigenvalue weighted by molar-refractivity contribution is -0.120. The van der Waals surface area contributed by atoms with Gasteiger partial charge in [0.1, 0.15) is 12.1 Å². The molecule has 0 bridgehead atoms. The van der Waals surface area contributed by atoms with Crippen LogP contribution in [0.15, 0.2) is 66.3 Å². The molecule has 0 radical (unpaired) electrons. The third-order valence-corrected chi connectivity index (χ3v) is 6.87. The molecule has 0 aliphatic carbocycles. The molecular weight excluding hydrogens is 434 g/mol. The number of anilines is 2. The monoisotopic (exact) mass is 455 g/mol. The summed E-state index contributed by atoms with van der Waals surface area (Å²) in [4.78, 5) is 19.7. The SMILES string of the molecule is O=C(Nc1nc(-c2ccc3ccccc3c2)cs1)C1CCN(c2ccc3nncn3n2)CC1. The topological polar surface area (TPSA) is 88.3 Å². The van der Waals surface area contributed by atoms with Gasteiger partial charge in [0.25, 0.3) is 0 Å². The largest absolute Gasteiger partial charge is 0.355 e. The van der Waals surface area contributed by atoms with Crippen LogP contribution in [0.3, 0.4) is 0 Å². The summed E-state index contributed by atoms with van der Waals surface area (Å²) in [5.41, 5.74) is 2.65. The number of amides is 1. The summed E-state index contributed by atoms with van der Waals surface area (Å²) in [6.07, 6.45) is 3.15. The lowest BCUT2D eigenvalue weighted by atomic mass is 9.96. The van der Waals surface area contributed by atoms with E-state index >= 15 is 0 Å². The average molecular weight is 456 g/mol. The minimum Gasteiger partial charge on any atom is -0.355 e. The number of nitrogens with one attached hydrogen (secondary N) is 1. The van der Waals surface area contributed by atoms with Gasteiger partial charge < -0.3 is 10.2 Å². The maximum Gasteiger partial charge on any atom is 0.229 e. The van der Waals surface area contributed by atoms with Crippen molar-refractivity contribution in [3.63, 3.8) is 0 Å². The fourth-order valence-corrected chi connectivity index (χ4v) is 5.00. The van der Waals surface area contributed by atoms with Crippen LogP contribution in [0.2, 0.25) is 0 Å². The summed E-state index contributed by atoms with van der Waals surface area (Å²) < 4.78 is 1.67. The van der Waals surface area contributed by atoms with E-state index in [2.05, 4.69) is 60.8 Å². The van der Waals surface area contributed by atoms with Crippen molar-refractivity contribution in [1.29, 1.82) is 0 Å². The van der Waals surface area contributed by atoms with Crippen LogP contribution in [-0.2, 0) is 4.79 Å². The summed E-state index contributed by atoms with van der Waals surface area (Å²) in [7, 11) is 0. The van der Waals surface area contributed by atoms with Gasteiger partial charge in [-0.2, -0.15) is 4.52 Å². The van der Waals surface area contributed by atoms with E-state index in [9.17, 15) is 4.79 Å². The summed E-state index contributed by atoms with van der Waals surface area (Å²) in [5.74, 6) is 0.880. The molecule has 1 N–H and O–H groups in total. The van der Waals surface area contributed by atoms with E-state index in [-0.39, 0.29) is 11.8 Å². The molecule has 0 unspecified atom stereocenters. The quantitative estimate of drug-likeness (QED) is 0.436. The van der Waals surface area contributed by atoms with E-state index in [0.717, 1.165) is 48.7 Å². The normalized spacial score (nSPS) is 14.7. The highest BCUT2D eigenvalue weighted by atomic mass is 32.1. The molecule has 3 aromatic heterocycles. The van der Waals surface area contributed by atoms with Gasteiger partial charge >= 0.3 is 0 Å². The van der Waals surface area contributed by atoms with Crippen LogP contribution in [0.1, 0.15) is 12.8 Å². The summed E-state index contributed by atoms with van der Waals surface area (Å²) in [5, 5.41) is 20.5. The van der Waals surface area contributed by atoms with E-state index in [0.29, 0.717) is 5.13 Å². The summed E-state index contributed by atoms with van der Waals surface area (Å²) in [6.45, 7) is 1.55. The lowest BCUT2D eigenvalue weighted by Gasteiger charge is -2.31. The van der Waals surface area contributed by atoms with Gasteiger partial charge in [-0.25, -0.2) is 4.98 Å². The Labute approximate surface area is 193 Å². The van der Waals surface area contributed by atoms with Crippen LogP contribution < -0.4 is 10.2 Å². The first-order valence-corrected chi connectivity index (χ1v) is 11.8. The van der Waals surface area contributed by atoms with Crippen LogP contribution in [0, 0.1) is 5.92 Å². The van der Waals surface area contributed by atoms with Crippen LogP contribution in [-0.4, -0.2) is 43.8 Å². The molecule has 6 rings (SSSR count). The van der Waals surface area contributed by atoms with Crippen molar-refractivity contribution in [3.8, 4) is 11.3 Å². The predicted molar refractivity (Wildman–Crippen MR) is 129 cm³/mol. The second-order valence-electron chi connectivity index (χ2n) is 8.18. The van der Waals surface area contributed by atoms with Crippen LogP contribution in [0.5, 0.6) is 0 Å². The van der Waals surface area contributed by atoms with Gasteiger partial charge in [0.2, 0.25) is 5.91 Å². The van der Waals surface area contributed by atoms with Gasteiger partial charge in [0.05, 0.1) is 5.69 Å². The number of carbonyl (C=O) groups excluding carboxylic acids is 1. The summed E-state index contributed by atoms with van der Waals surface area (Å²) in [6, 6.07) is 18.4. The second kappa shape index (κ2) is 8.25. The number of aromatic nitrogens is 5. The first-order chi connectivity index (χ1) is 16.2. The number of carbonyl (C=O) groups is 1. The zero-order chi connectivity index (χ0) is 22.2. The number of rotatable bonds is 4. The lowest BCUT2D eigenvalue weighted by Crippen LogP contribution is -2.38. The smallest absolute Gasteiger partial charge is 0.229 e. The maximum absolute atomic E-state index is 12.9. The van der Waals surface area contributed by atoms with Gasteiger partial charge in [-0.05, 0) is 41.8 Å². The number of benzene rings is 2. The van der Waals surface area contributed by atoms with E-state index in [1.165, 1.54) is 22.1 Å². The zero-order valence-electron chi connectivity index (χ0n) is 17.8. The van der Waals surface area contributed by atoms with Gasteiger partial charge in [-0.3, -0.25) is 4.79 Å². The Morgan fingerprint density at radius 2 is 1.88 bits per heavy atom. The first kappa shape index (κ1) is 19.8. The number of fused-ring (bicyclic) bond motifs is 2. The Balaban J connectivity index is 1.09. The van der Waals surface area contributed by atoms with Crippen molar-refractivity contribution >= 4 is 44.6 Å². The molecule has 0 atom stereocenters. The van der Waals surface area contributed by atoms with Crippen molar-refractivity contribution in [3.05, 3.63) is 66.3 Å². The number of nitrogens with zero attached hydrogens (tertiary/aromatic N) is 6. The molecule has 5 aromatic rings. The maximum atomic E-state index is 12.9. The standard InChI is InChI=1S/C24H21N7OS/c32-23(17-9-11-30(12-10-17)22-8-7-21-28-25-15-31(21)29-22)27-24-26-20(14-33-24)19-6-5-16-3-1-2-4-18(16)13-19/h1-8,13-15,17H,9-12H2,(H,26,27,32). The fraction of sp³-hybridized carbons (Fsp3) is 0.208. The van der Waals surface area contributed by atoms with Crippen molar-refractivity contribution in [2.45, 2.75) is 12.8 Å². The Kier molecular flexibility index (Phi) is 4.95. The number of hydrogen-bond donors (Lipinski definition) is 1. The summed E-state index contributed by atoms with van der Waals surface area (Å²) >= 11 is 1.46. The highest BCUT2D eigenvalue weighted by Crippen LogP contribution is 2.29. The number of hydrogen-bond acceptors (Lipinski definition) is 7. The molecule has 164 valence electrons. The van der Waals surface area contributed by atoms with Crippen molar-refractivity contribution < 1.29 is 4.79 Å². The molecule has 1 fully saturated rings. The molecule has 1 aliphatic rings. The van der Waals surface area contributed by atoms with Crippen molar-refractivity contribution in [2.75, 3.05) is 23.3 Å². The molecule has 1 saturated heterocycles. The number of thiazole rings is 1. The minimum atomic E-state index is -0.0343. The Morgan fingerprint density at radius 3 is 2.76 bits per heavy atom. The Hall–Kier alpha value is -3.85. The third-order valence-electron chi connectivity index (χ3n) is 6.12. The second-order valence-corrected chi connectivity index (χ2v) is 9.03. The highest BCUT2D eigenvalue weighted by molar-refractivity contribution is 7.14.